The SMILES string of the molecule is C[Si](C)(C)c1ccc2c(c1)c1ccc[c-]c1c1nccn21.[CH-]=C(C)/C=C(/C)O.[Ir]. The number of nitrogens with zero attached hydrogens (tertiary/aromatic N) is 2. The van der Waals surface area contributed by atoms with Crippen LogP contribution in [0.15, 0.2) is 66.2 Å². The van der Waals surface area contributed by atoms with E-state index in [9.17, 15) is 0 Å². The van der Waals surface area contributed by atoms with Crippen molar-refractivity contribution in [3.05, 3.63) is 78.8 Å². The Kier molecular flexibility index (Phi) is 7.23. The van der Waals surface area contributed by atoms with Crippen LogP contribution >= 0.6 is 0 Å². The minimum Gasteiger partial charge on any atom is -0.531 e. The normalized spacial score (nSPS) is 11.8. The summed E-state index contributed by atoms with van der Waals surface area (Å²) in [4.78, 5) is 4.51. The van der Waals surface area contributed by atoms with Gasteiger partial charge in [-0.25, -0.2) is 5.57 Å². The molecule has 0 unspecified atom stereocenters. The molecule has 0 saturated heterocycles. The van der Waals surface area contributed by atoms with E-state index < -0.39 is 8.07 Å². The van der Waals surface area contributed by atoms with E-state index in [0.29, 0.717) is 5.57 Å². The first-order valence-corrected chi connectivity index (χ1v) is 12.8. The summed E-state index contributed by atoms with van der Waals surface area (Å²) in [6.45, 7) is 15.6. The van der Waals surface area contributed by atoms with E-state index in [-0.39, 0.29) is 25.9 Å². The van der Waals surface area contributed by atoms with Gasteiger partial charge in [-0.2, -0.15) is 6.08 Å². The Morgan fingerprint density at radius 3 is 2.48 bits per heavy atom. The Labute approximate surface area is 187 Å². The molecule has 0 aliphatic carbocycles. The van der Waals surface area contributed by atoms with Crippen LogP contribution in [0.4, 0.5) is 0 Å². The van der Waals surface area contributed by atoms with Gasteiger partial charge in [-0.1, -0.05) is 49.3 Å². The Bertz CT molecular complexity index is 1200. The van der Waals surface area contributed by atoms with Gasteiger partial charge in [0.05, 0.1) is 13.7 Å². The van der Waals surface area contributed by atoms with E-state index in [1.54, 1.807) is 13.8 Å². The molecule has 4 rings (SSSR count). The third kappa shape index (κ3) is 5.05. The van der Waals surface area contributed by atoms with Gasteiger partial charge in [0.15, 0.2) is 0 Å². The molecule has 2 aromatic carbocycles. The Morgan fingerprint density at radius 2 is 1.90 bits per heavy atom. The monoisotopic (exact) mass is 579 g/mol. The van der Waals surface area contributed by atoms with Crippen LogP contribution in [0.2, 0.25) is 19.6 Å². The first-order valence-electron chi connectivity index (χ1n) is 9.34. The minimum atomic E-state index is -1.32. The van der Waals surface area contributed by atoms with Gasteiger partial charge < -0.3 is 9.51 Å². The van der Waals surface area contributed by atoms with Gasteiger partial charge in [-0.15, -0.1) is 29.7 Å². The maximum atomic E-state index is 8.48. The molecule has 0 aliphatic rings. The molecule has 5 heteroatoms. The second-order valence-electron chi connectivity index (χ2n) is 8.09. The molecule has 0 aliphatic heterocycles. The average Bonchev–Trinajstić information content (AvgIpc) is 3.10. The Hall–Kier alpha value is -2.20. The predicted molar refractivity (Wildman–Crippen MR) is 122 cm³/mol. The summed E-state index contributed by atoms with van der Waals surface area (Å²) in [7, 11) is -1.32. The molecule has 0 fully saturated rings. The van der Waals surface area contributed by atoms with Gasteiger partial charge in [0.25, 0.3) is 0 Å². The zero-order valence-electron chi connectivity index (χ0n) is 17.4. The van der Waals surface area contributed by atoms with Crippen LogP contribution in [0.3, 0.4) is 0 Å². The summed E-state index contributed by atoms with van der Waals surface area (Å²) < 4.78 is 2.17. The number of benzene rings is 2. The summed E-state index contributed by atoms with van der Waals surface area (Å²) in [5.74, 6) is 0.250. The number of pyridine rings is 1. The molecule has 29 heavy (non-hydrogen) atoms. The van der Waals surface area contributed by atoms with Crippen molar-refractivity contribution in [1.29, 1.82) is 0 Å². The van der Waals surface area contributed by atoms with Gasteiger partial charge >= 0.3 is 0 Å². The van der Waals surface area contributed by atoms with Crippen LogP contribution in [-0.2, 0) is 20.1 Å². The summed E-state index contributed by atoms with van der Waals surface area (Å²) in [6.07, 6.45) is 5.40. The average molecular weight is 579 g/mol. The van der Waals surface area contributed by atoms with E-state index in [1.165, 1.54) is 27.6 Å². The van der Waals surface area contributed by atoms with E-state index >= 15 is 0 Å². The molecule has 2 heterocycles. The zero-order valence-corrected chi connectivity index (χ0v) is 20.8. The second-order valence-corrected chi connectivity index (χ2v) is 13.2. The fraction of sp³-hybridized carbons (Fsp3) is 0.208. The summed E-state index contributed by atoms with van der Waals surface area (Å²) in [6, 6.07) is 16.5. The number of hydrogen-bond acceptors (Lipinski definition) is 2. The first-order chi connectivity index (χ1) is 13.2. The maximum Gasteiger partial charge on any atom is 0.0775 e. The number of aliphatic hydroxyl groups excluding tert-OH is 1. The smallest absolute Gasteiger partial charge is 0.0775 e. The predicted octanol–water partition coefficient (Wildman–Crippen LogP) is 5.81. The van der Waals surface area contributed by atoms with Crippen LogP contribution < -0.4 is 5.19 Å². The quantitative estimate of drug-likeness (QED) is 0.107. The molecule has 4 aromatic rings. The van der Waals surface area contributed by atoms with Gasteiger partial charge in [-0.05, 0) is 18.4 Å². The van der Waals surface area contributed by atoms with Gasteiger partial charge in [-0.3, -0.25) is 11.6 Å². The Balaban J connectivity index is 0.000000327. The van der Waals surface area contributed by atoms with Crippen LogP contribution in [0, 0.1) is 12.6 Å². The zero-order chi connectivity index (χ0) is 20.5. The van der Waals surface area contributed by atoms with Crippen molar-refractivity contribution in [2.45, 2.75) is 33.5 Å². The van der Waals surface area contributed by atoms with Crippen LogP contribution in [0.1, 0.15) is 13.8 Å². The summed E-state index contributed by atoms with van der Waals surface area (Å²) in [5.41, 5.74) is 2.83. The number of aromatic nitrogens is 2. The fourth-order valence-corrected chi connectivity index (χ4v) is 4.45. The van der Waals surface area contributed by atoms with Crippen molar-refractivity contribution in [3.8, 4) is 0 Å². The molecule has 3 nitrogen and oxygen atoms in total. The summed E-state index contributed by atoms with van der Waals surface area (Å²) in [5, 5.41) is 13.6. The fourth-order valence-electron chi connectivity index (χ4n) is 3.29. The van der Waals surface area contributed by atoms with Gasteiger partial charge in [0.2, 0.25) is 0 Å². The van der Waals surface area contributed by atoms with Crippen molar-refractivity contribution in [2.24, 2.45) is 0 Å². The first kappa shape index (κ1) is 23.1. The third-order valence-electron chi connectivity index (χ3n) is 4.57. The second kappa shape index (κ2) is 9.08. The molecular formula is C24H26IrN2OSi-2. The third-order valence-corrected chi connectivity index (χ3v) is 6.61. The van der Waals surface area contributed by atoms with Crippen molar-refractivity contribution in [1.82, 2.24) is 9.38 Å². The number of allylic oxidation sites excluding steroid dienone is 3. The number of aliphatic hydroxyl groups is 1. The largest absolute Gasteiger partial charge is 0.531 e. The van der Waals surface area contributed by atoms with E-state index in [2.05, 4.69) is 65.4 Å². The molecule has 0 bridgehead atoms. The molecule has 1 N–H and O–H groups in total. The number of fused-ring (bicyclic) bond motifs is 6. The number of rotatable bonds is 2. The van der Waals surface area contributed by atoms with Crippen molar-refractivity contribution in [3.63, 3.8) is 0 Å². The van der Waals surface area contributed by atoms with Crippen molar-refractivity contribution in [2.75, 3.05) is 0 Å². The molecule has 153 valence electrons. The standard InChI is InChI=1S/C18H17N2Si.C6H9O.Ir/c1-21(2,3)13-8-9-17-16(12-13)14-6-4-5-7-15(14)18-19-10-11-20(17)18;1-5(2)4-6(3)7;/h4-6,8-12H,1-3H3;1,4,7H,2-3H3;/q2*-1;/b;6-4-;. The minimum absolute atomic E-state index is 0. The molecule has 0 saturated carbocycles. The molecule has 2 aromatic heterocycles. The van der Waals surface area contributed by atoms with E-state index in [0.717, 1.165) is 11.0 Å². The van der Waals surface area contributed by atoms with E-state index in [4.69, 9.17) is 11.7 Å². The molecule has 0 atom stereocenters. The van der Waals surface area contributed by atoms with E-state index in [1.807, 2.05) is 18.5 Å². The van der Waals surface area contributed by atoms with Crippen molar-refractivity contribution >= 4 is 40.6 Å². The maximum absolute atomic E-state index is 8.48. The van der Waals surface area contributed by atoms with Crippen LogP contribution in [-0.4, -0.2) is 22.6 Å². The van der Waals surface area contributed by atoms with Crippen molar-refractivity contribution < 1.29 is 25.2 Å². The number of imidazole rings is 1. The topological polar surface area (TPSA) is 37.5 Å². The molecule has 0 amide bonds. The van der Waals surface area contributed by atoms with Gasteiger partial charge in [0.1, 0.15) is 0 Å². The summed E-state index contributed by atoms with van der Waals surface area (Å²) >= 11 is 0. The van der Waals surface area contributed by atoms with Gasteiger partial charge in [0, 0.05) is 43.8 Å². The molecule has 0 spiro atoms. The molecule has 1 radical (unpaired) electrons. The van der Waals surface area contributed by atoms with Crippen LogP contribution in [0.5, 0.6) is 0 Å². The number of hydrogen-bond donors (Lipinski definition) is 1. The molecular weight excluding hydrogens is 553 g/mol. The van der Waals surface area contributed by atoms with Crippen LogP contribution in [0.25, 0.3) is 27.3 Å². The Morgan fingerprint density at radius 1 is 1.17 bits per heavy atom.